The van der Waals surface area contributed by atoms with Crippen LogP contribution in [0.15, 0.2) is 11.6 Å². The molecule has 2 aliphatic carbocycles. The summed E-state index contributed by atoms with van der Waals surface area (Å²) in [6.07, 6.45) is -7.51. The van der Waals surface area contributed by atoms with E-state index in [1.807, 2.05) is 0 Å². The molecular formula is C28H40O12. The summed E-state index contributed by atoms with van der Waals surface area (Å²) in [5, 5.41) is 35.3. The minimum absolute atomic E-state index is 0.0497. The molecule has 0 amide bonds. The summed E-state index contributed by atoms with van der Waals surface area (Å²) in [5.41, 5.74) is -4.44. The van der Waals surface area contributed by atoms with E-state index < -0.39 is 95.1 Å². The lowest BCUT2D eigenvalue weighted by atomic mass is 9.53. The highest BCUT2D eigenvalue weighted by atomic mass is 16.7. The number of fused-ring (bicyclic) bond motifs is 1. The van der Waals surface area contributed by atoms with Crippen molar-refractivity contribution in [3.05, 3.63) is 11.6 Å². The zero-order chi connectivity index (χ0) is 29.9. The highest BCUT2D eigenvalue weighted by molar-refractivity contribution is 5.89. The maximum atomic E-state index is 13.0. The van der Waals surface area contributed by atoms with Gasteiger partial charge in [-0.1, -0.05) is 20.8 Å². The van der Waals surface area contributed by atoms with Gasteiger partial charge >= 0.3 is 23.9 Å². The van der Waals surface area contributed by atoms with Gasteiger partial charge in [0.2, 0.25) is 0 Å². The molecule has 2 saturated heterocycles. The van der Waals surface area contributed by atoms with Crippen molar-refractivity contribution >= 4 is 23.9 Å². The van der Waals surface area contributed by atoms with Gasteiger partial charge < -0.3 is 39.0 Å². The summed E-state index contributed by atoms with van der Waals surface area (Å²) in [5.74, 6) is -4.59. The van der Waals surface area contributed by atoms with Crippen LogP contribution in [0.2, 0.25) is 0 Å². The van der Waals surface area contributed by atoms with E-state index in [4.69, 9.17) is 23.7 Å². The van der Waals surface area contributed by atoms with Crippen LogP contribution in [0, 0.1) is 17.3 Å². The van der Waals surface area contributed by atoms with Crippen molar-refractivity contribution in [3.8, 4) is 0 Å². The summed E-state index contributed by atoms with van der Waals surface area (Å²) in [7, 11) is 0. The molecule has 2 heterocycles. The zero-order valence-electron chi connectivity index (χ0n) is 23.9. The number of hydrogen-bond donors (Lipinski definition) is 3. The molecule has 0 aromatic rings. The minimum atomic E-state index is -1.69. The van der Waals surface area contributed by atoms with Crippen LogP contribution in [0.3, 0.4) is 0 Å². The van der Waals surface area contributed by atoms with Crippen molar-refractivity contribution in [2.45, 2.75) is 122 Å². The van der Waals surface area contributed by atoms with E-state index in [0.717, 1.165) is 6.92 Å². The van der Waals surface area contributed by atoms with Crippen molar-refractivity contribution in [1.82, 2.24) is 0 Å². The number of aliphatic hydroxyl groups is 3. The summed E-state index contributed by atoms with van der Waals surface area (Å²) < 4.78 is 28.7. The first-order valence-corrected chi connectivity index (χ1v) is 13.7. The quantitative estimate of drug-likeness (QED) is 0.183. The highest BCUT2D eigenvalue weighted by Crippen LogP contribution is 2.64. The van der Waals surface area contributed by atoms with Crippen LogP contribution in [0.4, 0.5) is 0 Å². The molecule has 12 nitrogen and oxygen atoms in total. The Kier molecular flexibility index (Phi) is 7.89. The van der Waals surface area contributed by atoms with E-state index in [1.165, 1.54) is 19.9 Å². The molecule has 224 valence electrons. The van der Waals surface area contributed by atoms with Gasteiger partial charge in [-0.3, -0.25) is 14.4 Å². The molecule has 2 aliphatic heterocycles. The summed E-state index contributed by atoms with van der Waals surface area (Å²) in [4.78, 5) is 50.3. The number of hydrogen-bond acceptors (Lipinski definition) is 12. The molecule has 3 fully saturated rings. The highest BCUT2D eigenvalue weighted by Gasteiger charge is 2.86. The molecule has 12 heteroatoms. The monoisotopic (exact) mass is 568 g/mol. The summed E-state index contributed by atoms with van der Waals surface area (Å²) in [6, 6.07) is 0. The third kappa shape index (κ3) is 4.43. The predicted octanol–water partition coefficient (Wildman–Crippen LogP) is 0.720. The number of esters is 4. The lowest BCUT2D eigenvalue weighted by Gasteiger charge is -2.56. The first kappa shape index (κ1) is 30.4. The normalized spacial score (nSPS) is 46.0. The fraction of sp³-hybridized carbons (Fsp3) is 0.786. The van der Waals surface area contributed by atoms with E-state index in [1.54, 1.807) is 27.7 Å². The fourth-order valence-corrected chi connectivity index (χ4v) is 7.19. The molecule has 12 unspecified atom stereocenters. The third-order valence-electron chi connectivity index (χ3n) is 9.38. The maximum Gasteiger partial charge on any atom is 0.342 e. The fourth-order valence-electron chi connectivity index (χ4n) is 7.19. The van der Waals surface area contributed by atoms with Gasteiger partial charge in [-0.15, -0.1) is 0 Å². The van der Waals surface area contributed by atoms with Gasteiger partial charge in [0.1, 0.15) is 12.2 Å². The zero-order valence-corrected chi connectivity index (χ0v) is 23.9. The van der Waals surface area contributed by atoms with Gasteiger partial charge in [-0.2, -0.15) is 0 Å². The Balaban J connectivity index is 1.99. The van der Waals surface area contributed by atoms with Crippen molar-refractivity contribution in [3.63, 3.8) is 0 Å². The topological polar surface area (TPSA) is 178 Å². The number of aliphatic hydroxyl groups excluding tert-OH is 3. The Morgan fingerprint density at radius 1 is 1.05 bits per heavy atom. The Morgan fingerprint density at radius 2 is 1.68 bits per heavy atom. The molecule has 0 bridgehead atoms. The molecule has 1 saturated carbocycles. The van der Waals surface area contributed by atoms with Crippen LogP contribution in [0.5, 0.6) is 0 Å². The van der Waals surface area contributed by atoms with Crippen molar-refractivity contribution < 1.29 is 58.2 Å². The van der Waals surface area contributed by atoms with E-state index in [2.05, 4.69) is 0 Å². The lowest BCUT2D eigenvalue weighted by Crippen LogP contribution is -2.68. The molecule has 4 aliphatic rings. The van der Waals surface area contributed by atoms with Gasteiger partial charge in [0.05, 0.1) is 12.2 Å². The Bertz CT molecular complexity index is 1100. The van der Waals surface area contributed by atoms with Gasteiger partial charge in [-0.25, -0.2) is 4.79 Å². The Labute approximate surface area is 232 Å². The largest absolute Gasteiger partial charge is 0.462 e. The molecule has 0 aromatic heterocycles. The molecule has 0 aromatic carbocycles. The van der Waals surface area contributed by atoms with Crippen LogP contribution in [0.1, 0.15) is 67.7 Å². The molecule has 4 rings (SSSR count). The van der Waals surface area contributed by atoms with Gasteiger partial charge in [-0.05, 0) is 37.8 Å². The number of ether oxygens (including phenoxy) is 5. The number of rotatable bonds is 5. The molecular weight excluding hydrogens is 528 g/mol. The number of epoxide rings is 1. The van der Waals surface area contributed by atoms with Gasteiger partial charge in [0.25, 0.3) is 0 Å². The minimum Gasteiger partial charge on any atom is -0.462 e. The van der Waals surface area contributed by atoms with Crippen LogP contribution >= 0.6 is 0 Å². The summed E-state index contributed by atoms with van der Waals surface area (Å²) >= 11 is 0. The molecule has 12 atom stereocenters. The Hall–Kier alpha value is -2.54. The van der Waals surface area contributed by atoms with E-state index >= 15 is 0 Å². The second kappa shape index (κ2) is 10.4. The second-order valence-corrected chi connectivity index (χ2v) is 11.9. The first-order chi connectivity index (χ1) is 18.6. The van der Waals surface area contributed by atoms with E-state index in [0.29, 0.717) is 6.42 Å². The van der Waals surface area contributed by atoms with E-state index in [-0.39, 0.29) is 18.4 Å². The Morgan fingerprint density at radius 3 is 2.23 bits per heavy atom. The molecule has 1 spiro atoms. The molecule has 3 N–H and O–H groups in total. The third-order valence-corrected chi connectivity index (χ3v) is 9.38. The van der Waals surface area contributed by atoms with E-state index in [9.17, 15) is 34.5 Å². The van der Waals surface area contributed by atoms with Gasteiger partial charge in [0, 0.05) is 38.0 Å². The van der Waals surface area contributed by atoms with Crippen LogP contribution in [0.25, 0.3) is 0 Å². The van der Waals surface area contributed by atoms with Crippen LogP contribution in [-0.4, -0.2) is 93.1 Å². The SMILES string of the molecule is CCCC(=O)OC1C(C)=CC2OC(=O)C3(C)OC23C(O)C2C(C)C(O)CC(OC(C)=O)C2(C)C(O)C1OC(C)=O. The van der Waals surface area contributed by atoms with Crippen LogP contribution in [-0.2, 0) is 42.9 Å². The average Bonchev–Trinajstić information content (AvgIpc) is 3.45. The maximum absolute atomic E-state index is 13.0. The number of carbonyl (C=O) groups excluding carboxylic acids is 4. The van der Waals surface area contributed by atoms with Crippen LogP contribution < -0.4 is 0 Å². The molecule has 40 heavy (non-hydrogen) atoms. The molecule has 0 radical (unpaired) electrons. The lowest BCUT2D eigenvalue weighted by molar-refractivity contribution is -0.242. The standard InChI is InChI=1S/C28H40O12/c1-8-9-19(32)39-21-12(2)10-18-28(27(7,40-28)25(35)38-18)23(33)20-13(3)16(31)11-17(36-14(4)29)26(20,6)24(34)22(21)37-15(5)30/h10,13,16-18,20-24,31,33-34H,8-9,11H2,1-7H3. The first-order valence-electron chi connectivity index (χ1n) is 13.7. The van der Waals surface area contributed by atoms with Gasteiger partial charge in [0.15, 0.2) is 29.5 Å². The number of carbonyl (C=O) groups is 4. The average molecular weight is 569 g/mol. The van der Waals surface area contributed by atoms with Crippen molar-refractivity contribution in [1.29, 1.82) is 0 Å². The van der Waals surface area contributed by atoms with Crippen molar-refractivity contribution in [2.75, 3.05) is 0 Å². The predicted molar refractivity (Wildman–Crippen MR) is 135 cm³/mol. The summed E-state index contributed by atoms with van der Waals surface area (Å²) in [6.45, 7) is 10.4. The second-order valence-electron chi connectivity index (χ2n) is 11.9. The van der Waals surface area contributed by atoms with Crippen molar-refractivity contribution in [2.24, 2.45) is 17.3 Å². The smallest absolute Gasteiger partial charge is 0.342 e.